The zero-order valence-corrected chi connectivity index (χ0v) is 19.7. The van der Waals surface area contributed by atoms with Crippen molar-refractivity contribution in [2.75, 3.05) is 0 Å². The molecule has 1 rings (SSSR count). The summed E-state index contributed by atoms with van der Waals surface area (Å²) in [5, 5.41) is 0. The Hall–Kier alpha value is 2.32. The molecule has 0 amide bonds. The standard InChI is InChI=1S/C14H28.8ClH/c1-2-4-6-8-10-12-14-13-11-9-7-5-3-1;;;;;;;;/h1-14H2;8*1H. The lowest BCUT2D eigenvalue weighted by Gasteiger charge is -2.05. The Morgan fingerprint density at radius 3 is 0.227 bits per heavy atom. The van der Waals surface area contributed by atoms with Gasteiger partial charge in [0.15, 0.2) is 0 Å². The van der Waals surface area contributed by atoms with Gasteiger partial charge >= 0.3 is 0 Å². The Labute approximate surface area is 188 Å². The van der Waals surface area contributed by atoms with E-state index in [1.165, 1.54) is 89.9 Å². The SMILES string of the molecule is C1CCCCCCCCCCCCC1.Cl.Cl.Cl.Cl.Cl.Cl.Cl.Cl. The van der Waals surface area contributed by atoms with Crippen LogP contribution in [0.5, 0.6) is 0 Å². The first-order valence-corrected chi connectivity index (χ1v) is 7.00. The van der Waals surface area contributed by atoms with Crippen LogP contribution < -0.4 is 0 Å². The summed E-state index contributed by atoms with van der Waals surface area (Å²) in [6.45, 7) is 0. The smallest absolute Gasteiger partial charge is 0.0533 e. The van der Waals surface area contributed by atoms with E-state index >= 15 is 0 Å². The molecule has 1 fully saturated rings. The van der Waals surface area contributed by atoms with Gasteiger partial charge in [-0.2, -0.15) is 0 Å². The molecule has 0 saturated heterocycles. The van der Waals surface area contributed by atoms with E-state index in [4.69, 9.17) is 0 Å². The van der Waals surface area contributed by atoms with Crippen molar-refractivity contribution < 1.29 is 0 Å². The highest BCUT2D eigenvalue weighted by atomic mass is 35.5. The van der Waals surface area contributed by atoms with E-state index in [1.54, 1.807) is 0 Å². The number of hydrogen-bond donors (Lipinski definition) is 0. The molecule has 148 valence electrons. The highest BCUT2D eigenvalue weighted by molar-refractivity contribution is 5.86. The van der Waals surface area contributed by atoms with Crippen molar-refractivity contribution in [3.8, 4) is 0 Å². The van der Waals surface area contributed by atoms with Crippen LogP contribution in [0.15, 0.2) is 0 Å². The van der Waals surface area contributed by atoms with Gasteiger partial charge < -0.3 is 0 Å². The third kappa shape index (κ3) is 38.1. The number of hydrogen-bond acceptors (Lipinski definition) is 0. The number of halogens is 8. The highest BCUT2D eigenvalue weighted by Gasteiger charge is 1.96. The molecule has 0 radical (unpaired) electrons. The summed E-state index contributed by atoms with van der Waals surface area (Å²) < 4.78 is 0. The highest BCUT2D eigenvalue weighted by Crippen LogP contribution is 2.16. The van der Waals surface area contributed by atoms with Crippen LogP contribution in [0.2, 0.25) is 0 Å². The lowest BCUT2D eigenvalue weighted by atomic mass is 10.0. The molecule has 0 unspecified atom stereocenters. The first kappa shape index (κ1) is 49.7. The molecule has 0 bridgehead atoms. The molecule has 0 N–H and O–H groups in total. The second kappa shape index (κ2) is 43.6. The van der Waals surface area contributed by atoms with Crippen molar-refractivity contribution in [1.82, 2.24) is 0 Å². The van der Waals surface area contributed by atoms with E-state index < -0.39 is 0 Å². The minimum atomic E-state index is 0. The predicted octanol–water partition coefficient (Wildman–Crippen LogP) is 8.84. The van der Waals surface area contributed by atoms with Crippen LogP contribution in [0.1, 0.15) is 89.9 Å². The fourth-order valence-electron chi connectivity index (χ4n) is 2.47. The monoisotopic (exact) mass is 484 g/mol. The molecule has 0 aliphatic heterocycles. The fraction of sp³-hybridized carbons (Fsp3) is 1.00. The minimum absolute atomic E-state index is 0. The molecule has 0 aromatic rings. The van der Waals surface area contributed by atoms with Gasteiger partial charge in [-0.3, -0.25) is 0 Å². The van der Waals surface area contributed by atoms with Gasteiger partial charge in [0.1, 0.15) is 0 Å². The van der Waals surface area contributed by atoms with E-state index in [2.05, 4.69) is 0 Å². The maximum Gasteiger partial charge on any atom is -0.0533 e. The molecule has 1 aliphatic carbocycles. The molecular formula is C14H36Cl8. The first-order valence-electron chi connectivity index (χ1n) is 7.00. The lowest BCUT2D eigenvalue weighted by molar-refractivity contribution is 0.504. The quantitative estimate of drug-likeness (QED) is 0.320. The van der Waals surface area contributed by atoms with Gasteiger partial charge in [0.2, 0.25) is 0 Å². The average molecular weight is 488 g/mol. The molecule has 22 heavy (non-hydrogen) atoms. The second-order valence-electron chi connectivity index (χ2n) is 4.95. The molecule has 0 aromatic heterocycles. The fourth-order valence-corrected chi connectivity index (χ4v) is 2.47. The van der Waals surface area contributed by atoms with E-state index in [0.29, 0.717) is 0 Å². The summed E-state index contributed by atoms with van der Waals surface area (Å²) in [5.74, 6) is 0. The van der Waals surface area contributed by atoms with Crippen LogP contribution in [0.4, 0.5) is 0 Å². The average Bonchev–Trinajstić information content (AvgIpc) is 2.22. The maximum absolute atomic E-state index is 1.50. The van der Waals surface area contributed by atoms with Crippen molar-refractivity contribution in [2.24, 2.45) is 0 Å². The first-order chi connectivity index (χ1) is 7.00. The minimum Gasteiger partial charge on any atom is -0.147 e. The van der Waals surface area contributed by atoms with Crippen LogP contribution in [-0.2, 0) is 0 Å². The second-order valence-corrected chi connectivity index (χ2v) is 4.95. The molecule has 8 heteroatoms. The van der Waals surface area contributed by atoms with Gasteiger partial charge in [-0.25, -0.2) is 0 Å². The van der Waals surface area contributed by atoms with Crippen LogP contribution in [0.3, 0.4) is 0 Å². The van der Waals surface area contributed by atoms with Gasteiger partial charge in [-0.15, -0.1) is 99.3 Å². The molecule has 1 aliphatic rings. The summed E-state index contributed by atoms with van der Waals surface area (Å²) in [5.41, 5.74) is 0. The van der Waals surface area contributed by atoms with Crippen LogP contribution in [-0.4, -0.2) is 0 Å². The summed E-state index contributed by atoms with van der Waals surface area (Å²) in [6.07, 6.45) is 21.0. The van der Waals surface area contributed by atoms with Gasteiger partial charge in [0, 0.05) is 0 Å². The van der Waals surface area contributed by atoms with Crippen LogP contribution in [0.25, 0.3) is 0 Å². The van der Waals surface area contributed by atoms with E-state index in [0.717, 1.165) is 0 Å². The predicted molar refractivity (Wildman–Crippen MR) is 123 cm³/mol. The molecule has 0 heterocycles. The van der Waals surface area contributed by atoms with Crippen molar-refractivity contribution in [2.45, 2.75) is 89.9 Å². The van der Waals surface area contributed by atoms with Gasteiger partial charge in [0.25, 0.3) is 0 Å². The van der Waals surface area contributed by atoms with Crippen molar-refractivity contribution in [3.63, 3.8) is 0 Å². The zero-order valence-electron chi connectivity index (χ0n) is 13.2. The largest absolute Gasteiger partial charge is 0.147 e. The third-order valence-corrected chi connectivity index (χ3v) is 3.50. The normalized spacial score (nSPS) is 15.3. The molecule has 0 atom stereocenters. The zero-order chi connectivity index (χ0) is 9.90. The van der Waals surface area contributed by atoms with E-state index in [1.807, 2.05) is 0 Å². The van der Waals surface area contributed by atoms with Crippen LogP contribution >= 0.6 is 99.3 Å². The Kier molecular flexibility index (Phi) is 98.5. The summed E-state index contributed by atoms with van der Waals surface area (Å²) in [4.78, 5) is 0. The summed E-state index contributed by atoms with van der Waals surface area (Å²) >= 11 is 0. The molecule has 1 saturated carbocycles. The molecule has 0 nitrogen and oxygen atoms in total. The summed E-state index contributed by atoms with van der Waals surface area (Å²) in [7, 11) is 0. The lowest BCUT2D eigenvalue weighted by Crippen LogP contribution is -1.85. The Morgan fingerprint density at radius 1 is 0.136 bits per heavy atom. The Morgan fingerprint density at radius 2 is 0.182 bits per heavy atom. The Bertz CT molecular complexity index is 74.1. The van der Waals surface area contributed by atoms with Gasteiger partial charge in [-0.1, -0.05) is 89.9 Å². The van der Waals surface area contributed by atoms with Gasteiger partial charge in [-0.05, 0) is 0 Å². The molecule has 0 spiro atoms. The molecular weight excluding hydrogens is 452 g/mol. The van der Waals surface area contributed by atoms with E-state index in [9.17, 15) is 0 Å². The van der Waals surface area contributed by atoms with Crippen molar-refractivity contribution >= 4 is 99.3 Å². The van der Waals surface area contributed by atoms with Crippen molar-refractivity contribution in [1.29, 1.82) is 0 Å². The van der Waals surface area contributed by atoms with Crippen molar-refractivity contribution in [3.05, 3.63) is 0 Å². The third-order valence-electron chi connectivity index (χ3n) is 3.50. The van der Waals surface area contributed by atoms with E-state index in [-0.39, 0.29) is 99.3 Å². The Balaban J connectivity index is -0.0000000408. The maximum atomic E-state index is 1.50. The van der Waals surface area contributed by atoms with Crippen LogP contribution in [0, 0.1) is 0 Å². The molecule has 0 aromatic carbocycles. The van der Waals surface area contributed by atoms with Gasteiger partial charge in [0.05, 0.1) is 0 Å². The topological polar surface area (TPSA) is 0 Å². The summed E-state index contributed by atoms with van der Waals surface area (Å²) in [6, 6.07) is 0. The number of rotatable bonds is 0.